The van der Waals surface area contributed by atoms with Crippen LogP contribution in [-0.2, 0) is 14.8 Å². The fourth-order valence-electron chi connectivity index (χ4n) is 3.34. The number of carbonyl (C=O) groups is 2. The Bertz CT molecular complexity index is 1190. The molecular weight excluding hydrogens is 438 g/mol. The van der Waals surface area contributed by atoms with Crippen molar-refractivity contribution in [1.29, 1.82) is 0 Å². The number of benzene rings is 3. The third kappa shape index (κ3) is 6.06. The van der Waals surface area contributed by atoms with Crippen LogP contribution in [0.3, 0.4) is 0 Å². The largest absolute Gasteiger partial charge is 0.343 e. The highest BCUT2D eigenvalue weighted by Gasteiger charge is 2.21. The van der Waals surface area contributed by atoms with Gasteiger partial charge in [0.05, 0.1) is 11.4 Å². The maximum absolute atomic E-state index is 12.5. The summed E-state index contributed by atoms with van der Waals surface area (Å²) in [7, 11) is -3.56. The van der Waals surface area contributed by atoms with Crippen LogP contribution in [0.25, 0.3) is 11.1 Å². The number of nitrogens with one attached hydrogen (secondary N) is 2. The van der Waals surface area contributed by atoms with Crippen LogP contribution in [0.4, 0.5) is 5.69 Å². The highest BCUT2D eigenvalue weighted by Crippen LogP contribution is 2.20. The van der Waals surface area contributed by atoms with Crippen LogP contribution in [0.2, 0.25) is 0 Å². The van der Waals surface area contributed by atoms with Crippen LogP contribution in [0.5, 0.6) is 0 Å². The molecule has 0 unspecified atom stereocenters. The Morgan fingerprint density at radius 2 is 1.36 bits per heavy atom. The van der Waals surface area contributed by atoms with Crippen LogP contribution in [0.15, 0.2) is 83.8 Å². The molecular formula is C25H27N3O4S. The molecule has 0 heterocycles. The SMILES string of the molecule is CCN(CC)S(=O)(=O)c1ccc(NC(=O)CNC(=O)c2ccc(-c3ccccc3)cc2)cc1. The van der Waals surface area contributed by atoms with E-state index in [0.29, 0.717) is 24.3 Å². The quantitative estimate of drug-likeness (QED) is 0.503. The summed E-state index contributed by atoms with van der Waals surface area (Å²) in [4.78, 5) is 24.7. The normalized spacial score (nSPS) is 11.2. The van der Waals surface area contributed by atoms with Crippen molar-refractivity contribution in [2.24, 2.45) is 0 Å². The molecule has 3 aromatic rings. The molecule has 2 N–H and O–H groups in total. The molecule has 0 saturated carbocycles. The molecule has 3 aromatic carbocycles. The minimum atomic E-state index is -3.56. The summed E-state index contributed by atoms with van der Waals surface area (Å²) in [6.07, 6.45) is 0. The number of amides is 2. The summed E-state index contributed by atoms with van der Waals surface area (Å²) in [5, 5.41) is 5.24. The molecule has 0 bridgehead atoms. The van der Waals surface area contributed by atoms with Crippen molar-refractivity contribution >= 4 is 27.5 Å². The number of sulfonamides is 1. The Balaban J connectivity index is 1.54. The molecule has 33 heavy (non-hydrogen) atoms. The van der Waals surface area contributed by atoms with Crippen LogP contribution < -0.4 is 10.6 Å². The minimum Gasteiger partial charge on any atom is -0.343 e. The average Bonchev–Trinajstić information content (AvgIpc) is 2.84. The molecule has 0 fully saturated rings. The van der Waals surface area contributed by atoms with E-state index >= 15 is 0 Å². The first-order valence-corrected chi connectivity index (χ1v) is 12.1. The van der Waals surface area contributed by atoms with Gasteiger partial charge in [0.1, 0.15) is 0 Å². The van der Waals surface area contributed by atoms with Gasteiger partial charge in [0.15, 0.2) is 0 Å². The summed E-state index contributed by atoms with van der Waals surface area (Å²) >= 11 is 0. The van der Waals surface area contributed by atoms with Crippen molar-refractivity contribution in [3.63, 3.8) is 0 Å². The Labute approximate surface area is 194 Å². The van der Waals surface area contributed by atoms with Gasteiger partial charge in [-0.1, -0.05) is 56.3 Å². The molecule has 0 aromatic heterocycles. The van der Waals surface area contributed by atoms with E-state index in [4.69, 9.17) is 0 Å². The number of anilines is 1. The second-order valence-corrected chi connectivity index (χ2v) is 9.23. The molecule has 3 rings (SSSR count). The Hall–Kier alpha value is -3.49. The van der Waals surface area contributed by atoms with Gasteiger partial charge in [0, 0.05) is 24.3 Å². The average molecular weight is 466 g/mol. The van der Waals surface area contributed by atoms with E-state index in [1.165, 1.54) is 28.6 Å². The molecule has 0 radical (unpaired) electrons. The molecule has 0 spiro atoms. The highest BCUT2D eigenvalue weighted by molar-refractivity contribution is 7.89. The van der Waals surface area contributed by atoms with Crippen molar-refractivity contribution in [3.05, 3.63) is 84.4 Å². The summed E-state index contributed by atoms with van der Waals surface area (Å²) in [6, 6.07) is 22.9. The Morgan fingerprint density at radius 3 is 1.94 bits per heavy atom. The standard InChI is InChI=1S/C25H27N3O4S/c1-3-28(4-2)33(31,32)23-16-14-22(15-17-23)27-24(29)18-26-25(30)21-12-10-20(11-13-21)19-8-6-5-7-9-19/h5-17H,3-4,18H2,1-2H3,(H,26,30)(H,27,29). The number of rotatable bonds is 9. The van der Waals surface area contributed by atoms with E-state index in [0.717, 1.165) is 11.1 Å². The van der Waals surface area contributed by atoms with Gasteiger partial charge in [0.2, 0.25) is 15.9 Å². The van der Waals surface area contributed by atoms with E-state index in [2.05, 4.69) is 10.6 Å². The number of nitrogens with zero attached hydrogens (tertiary/aromatic N) is 1. The van der Waals surface area contributed by atoms with Crippen LogP contribution in [0, 0.1) is 0 Å². The lowest BCUT2D eigenvalue weighted by atomic mass is 10.0. The summed E-state index contributed by atoms with van der Waals surface area (Å²) < 4.78 is 26.4. The van der Waals surface area contributed by atoms with Crippen molar-refractivity contribution in [2.75, 3.05) is 25.0 Å². The third-order valence-electron chi connectivity index (χ3n) is 5.14. The molecule has 2 amide bonds. The molecule has 0 aliphatic heterocycles. The van der Waals surface area contributed by atoms with E-state index in [-0.39, 0.29) is 17.3 Å². The maximum Gasteiger partial charge on any atom is 0.251 e. The van der Waals surface area contributed by atoms with Crippen molar-refractivity contribution < 1.29 is 18.0 Å². The van der Waals surface area contributed by atoms with Crippen molar-refractivity contribution in [3.8, 4) is 11.1 Å². The zero-order valence-corrected chi connectivity index (χ0v) is 19.4. The van der Waals surface area contributed by atoms with Gasteiger partial charge in [-0.3, -0.25) is 9.59 Å². The molecule has 7 nitrogen and oxygen atoms in total. The van der Waals surface area contributed by atoms with Gasteiger partial charge in [-0.15, -0.1) is 0 Å². The van der Waals surface area contributed by atoms with Crippen LogP contribution >= 0.6 is 0 Å². The molecule has 0 saturated heterocycles. The Morgan fingerprint density at radius 1 is 0.788 bits per heavy atom. The summed E-state index contributed by atoms with van der Waals surface area (Å²) in [5.41, 5.74) is 2.95. The minimum absolute atomic E-state index is 0.163. The van der Waals surface area contributed by atoms with E-state index in [9.17, 15) is 18.0 Å². The fourth-order valence-corrected chi connectivity index (χ4v) is 4.79. The predicted molar refractivity (Wildman–Crippen MR) is 129 cm³/mol. The molecule has 172 valence electrons. The van der Waals surface area contributed by atoms with Crippen LogP contribution in [0.1, 0.15) is 24.2 Å². The maximum atomic E-state index is 12.5. The molecule has 0 aliphatic carbocycles. The van der Waals surface area contributed by atoms with Crippen LogP contribution in [-0.4, -0.2) is 44.2 Å². The second kappa shape index (κ2) is 10.9. The third-order valence-corrected chi connectivity index (χ3v) is 7.21. The smallest absolute Gasteiger partial charge is 0.251 e. The fraction of sp³-hybridized carbons (Fsp3) is 0.200. The van der Waals surface area contributed by atoms with Crippen molar-refractivity contribution in [1.82, 2.24) is 9.62 Å². The summed E-state index contributed by atoms with van der Waals surface area (Å²) in [6.45, 7) is 4.11. The monoisotopic (exact) mass is 465 g/mol. The lowest BCUT2D eigenvalue weighted by Crippen LogP contribution is -2.33. The molecule has 0 aliphatic rings. The summed E-state index contributed by atoms with van der Waals surface area (Å²) in [5.74, 6) is -0.769. The first-order chi connectivity index (χ1) is 15.8. The predicted octanol–water partition coefficient (Wildman–Crippen LogP) is 3.75. The van der Waals surface area contributed by atoms with Gasteiger partial charge < -0.3 is 10.6 Å². The first-order valence-electron chi connectivity index (χ1n) is 10.7. The van der Waals surface area contributed by atoms with Gasteiger partial charge in [-0.2, -0.15) is 4.31 Å². The van der Waals surface area contributed by atoms with Gasteiger partial charge >= 0.3 is 0 Å². The Kier molecular flexibility index (Phi) is 7.97. The van der Waals surface area contributed by atoms with Gasteiger partial charge in [-0.05, 0) is 47.5 Å². The second-order valence-electron chi connectivity index (χ2n) is 7.29. The lowest BCUT2D eigenvalue weighted by molar-refractivity contribution is -0.115. The first kappa shape index (κ1) is 24.2. The number of hydrogen-bond acceptors (Lipinski definition) is 4. The van der Waals surface area contributed by atoms with E-state index in [1.54, 1.807) is 26.0 Å². The lowest BCUT2D eigenvalue weighted by Gasteiger charge is -2.18. The topological polar surface area (TPSA) is 95.6 Å². The van der Waals surface area contributed by atoms with Gasteiger partial charge in [-0.25, -0.2) is 8.42 Å². The van der Waals surface area contributed by atoms with Gasteiger partial charge in [0.25, 0.3) is 5.91 Å². The van der Waals surface area contributed by atoms with E-state index < -0.39 is 15.9 Å². The zero-order chi connectivity index (χ0) is 23.8. The van der Waals surface area contributed by atoms with Crippen molar-refractivity contribution in [2.45, 2.75) is 18.7 Å². The number of hydrogen-bond donors (Lipinski definition) is 2. The zero-order valence-electron chi connectivity index (χ0n) is 18.6. The highest BCUT2D eigenvalue weighted by atomic mass is 32.2. The number of carbonyl (C=O) groups excluding carboxylic acids is 2. The molecule has 8 heteroatoms. The molecule has 0 atom stereocenters. The van der Waals surface area contributed by atoms with E-state index in [1.807, 2.05) is 42.5 Å².